The average Bonchev–Trinajstić information content (AvgIpc) is 2.72. The van der Waals surface area contributed by atoms with Gasteiger partial charge in [0.2, 0.25) is 11.8 Å². The first kappa shape index (κ1) is 21.9. The van der Waals surface area contributed by atoms with Crippen LogP contribution in [0.1, 0.15) is 37.0 Å². The number of anilines is 2. The zero-order chi connectivity index (χ0) is 21.2. The lowest BCUT2D eigenvalue weighted by molar-refractivity contribution is -0.119. The van der Waals surface area contributed by atoms with Crippen LogP contribution in [-0.2, 0) is 9.59 Å². The Morgan fingerprint density at radius 2 is 1.48 bits per heavy atom. The van der Waals surface area contributed by atoms with Gasteiger partial charge in [0.05, 0.1) is 7.11 Å². The highest BCUT2D eigenvalue weighted by molar-refractivity contribution is 5.95. The van der Waals surface area contributed by atoms with E-state index in [0.29, 0.717) is 35.7 Å². The van der Waals surface area contributed by atoms with Crippen LogP contribution in [0.3, 0.4) is 0 Å². The van der Waals surface area contributed by atoms with Gasteiger partial charge in [0.1, 0.15) is 5.75 Å². The first-order valence-corrected chi connectivity index (χ1v) is 9.52. The van der Waals surface area contributed by atoms with Crippen molar-refractivity contribution in [3.05, 3.63) is 54.1 Å². The van der Waals surface area contributed by atoms with Crippen molar-refractivity contribution >= 4 is 29.1 Å². The number of carbonyl (C=O) groups excluding carboxylic acids is 3. The van der Waals surface area contributed by atoms with Crippen molar-refractivity contribution in [3.63, 3.8) is 0 Å². The van der Waals surface area contributed by atoms with Crippen LogP contribution in [-0.4, -0.2) is 31.4 Å². The molecule has 0 aliphatic carbocycles. The quantitative estimate of drug-likeness (QED) is 0.565. The number of ether oxygens (including phenoxy) is 1. The number of hydrogen-bond donors (Lipinski definition) is 3. The molecule has 0 aliphatic heterocycles. The maximum absolute atomic E-state index is 12.0. The molecule has 0 aliphatic rings. The maximum atomic E-state index is 12.0. The number of amides is 3. The molecule has 7 heteroatoms. The van der Waals surface area contributed by atoms with Crippen LogP contribution in [0.15, 0.2) is 48.5 Å². The first-order valence-electron chi connectivity index (χ1n) is 9.52. The number of nitrogens with one attached hydrogen (secondary N) is 3. The Hall–Kier alpha value is -3.35. The third-order valence-corrected chi connectivity index (χ3v) is 4.18. The van der Waals surface area contributed by atoms with Crippen molar-refractivity contribution in [2.75, 3.05) is 24.3 Å². The normalized spacial score (nSPS) is 10.3. The fourth-order valence-electron chi connectivity index (χ4n) is 2.44. The predicted molar refractivity (Wildman–Crippen MR) is 113 cm³/mol. The number of methoxy groups -OCH3 is 1. The summed E-state index contributed by atoms with van der Waals surface area (Å²) in [6.45, 7) is 4.05. The van der Waals surface area contributed by atoms with E-state index >= 15 is 0 Å². The Kier molecular flexibility index (Phi) is 8.21. The molecule has 2 aromatic carbocycles. The Morgan fingerprint density at radius 1 is 0.897 bits per heavy atom. The van der Waals surface area contributed by atoms with E-state index in [4.69, 9.17) is 4.74 Å². The Bertz CT molecular complexity index is 830. The molecule has 0 unspecified atom stereocenters. The monoisotopic (exact) mass is 397 g/mol. The van der Waals surface area contributed by atoms with Gasteiger partial charge in [-0.1, -0.05) is 13.8 Å². The molecule has 0 fully saturated rings. The molecule has 0 heterocycles. The lowest BCUT2D eigenvalue weighted by Crippen LogP contribution is -2.25. The zero-order valence-electron chi connectivity index (χ0n) is 17.0. The molecule has 0 bridgehead atoms. The van der Waals surface area contributed by atoms with Gasteiger partial charge in [-0.25, -0.2) is 0 Å². The van der Waals surface area contributed by atoms with Gasteiger partial charge in [0.25, 0.3) is 5.91 Å². The summed E-state index contributed by atoms with van der Waals surface area (Å²) < 4.78 is 5.06. The summed E-state index contributed by atoms with van der Waals surface area (Å²) in [5, 5.41) is 8.39. The summed E-state index contributed by atoms with van der Waals surface area (Å²) in [6.07, 6.45) is 0.811. The highest BCUT2D eigenvalue weighted by Crippen LogP contribution is 2.15. The number of benzene rings is 2. The van der Waals surface area contributed by atoms with E-state index in [1.165, 1.54) is 0 Å². The third-order valence-electron chi connectivity index (χ3n) is 4.18. The van der Waals surface area contributed by atoms with E-state index in [0.717, 1.165) is 0 Å². The summed E-state index contributed by atoms with van der Waals surface area (Å²) in [4.78, 5) is 35.8. The first-order chi connectivity index (χ1) is 13.9. The summed E-state index contributed by atoms with van der Waals surface area (Å²) in [6, 6.07) is 13.8. The largest absolute Gasteiger partial charge is 0.497 e. The minimum atomic E-state index is -0.188. The molecule has 29 heavy (non-hydrogen) atoms. The van der Waals surface area contributed by atoms with Gasteiger partial charge < -0.3 is 20.7 Å². The van der Waals surface area contributed by atoms with Gasteiger partial charge in [-0.3, -0.25) is 14.4 Å². The van der Waals surface area contributed by atoms with Crippen LogP contribution in [0.5, 0.6) is 5.75 Å². The second kappa shape index (κ2) is 10.8. The van der Waals surface area contributed by atoms with E-state index in [-0.39, 0.29) is 30.1 Å². The fraction of sp³-hybridized carbons (Fsp3) is 0.318. The Balaban J connectivity index is 1.70. The zero-order valence-corrected chi connectivity index (χ0v) is 17.0. The molecular formula is C22H27N3O4. The third kappa shape index (κ3) is 7.29. The van der Waals surface area contributed by atoms with Crippen molar-refractivity contribution in [2.24, 2.45) is 5.92 Å². The van der Waals surface area contributed by atoms with Gasteiger partial charge in [-0.2, -0.15) is 0 Å². The molecule has 7 nitrogen and oxygen atoms in total. The van der Waals surface area contributed by atoms with E-state index in [2.05, 4.69) is 16.0 Å². The van der Waals surface area contributed by atoms with Crippen molar-refractivity contribution in [1.82, 2.24) is 5.32 Å². The van der Waals surface area contributed by atoms with Crippen LogP contribution >= 0.6 is 0 Å². The van der Waals surface area contributed by atoms with E-state index in [1.54, 1.807) is 55.6 Å². The highest BCUT2D eigenvalue weighted by atomic mass is 16.5. The molecule has 2 rings (SSSR count). The van der Waals surface area contributed by atoms with Crippen LogP contribution in [0.25, 0.3) is 0 Å². The van der Waals surface area contributed by atoms with Crippen molar-refractivity contribution in [2.45, 2.75) is 26.7 Å². The van der Waals surface area contributed by atoms with Crippen molar-refractivity contribution in [3.8, 4) is 5.75 Å². The summed E-state index contributed by atoms with van der Waals surface area (Å²) >= 11 is 0. The fourth-order valence-corrected chi connectivity index (χ4v) is 2.44. The molecule has 0 saturated carbocycles. The summed E-state index contributed by atoms with van der Waals surface area (Å²) in [5.41, 5.74) is 1.88. The Morgan fingerprint density at radius 3 is 2.03 bits per heavy atom. The number of rotatable bonds is 9. The molecular weight excluding hydrogens is 370 g/mol. The minimum Gasteiger partial charge on any atom is -0.497 e. The average molecular weight is 397 g/mol. The van der Waals surface area contributed by atoms with Gasteiger partial charge in [-0.15, -0.1) is 0 Å². The SMILES string of the molecule is COc1ccc(C(=O)NCCCC(=O)Nc2ccc(NC(=O)C(C)C)cc2)cc1. The van der Waals surface area contributed by atoms with Crippen LogP contribution < -0.4 is 20.7 Å². The lowest BCUT2D eigenvalue weighted by Gasteiger charge is -2.10. The second-order valence-electron chi connectivity index (χ2n) is 6.86. The van der Waals surface area contributed by atoms with Crippen molar-refractivity contribution < 1.29 is 19.1 Å². The van der Waals surface area contributed by atoms with Gasteiger partial charge in [-0.05, 0) is 55.0 Å². The van der Waals surface area contributed by atoms with E-state index in [1.807, 2.05) is 13.8 Å². The molecule has 0 aromatic heterocycles. The smallest absolute Gasteiger partial charge is 0.251 e. The summed E-state index contributed by atoms with van der Waals surface area (Å²) in [7, 11) is 1.57. The molecule has 0 saturated heterocycles. The topological polar surface area (TPSA) is 96.5 Å². The second-order valence-corrected chi connectivity index (χ2v) is 6.86. The summed E-state index contributed by atoms with van der Waals surface area (Å²) in [5.74, 6) is 0.210. The van der Waals surface area contributed by atoms with E-state index < -0.39 is 0 Å². The number of hydrogen-bond acceptors (Lipinski definition) is 4. The Labute approximate surface area is 170 Å². The van der Waals surface area contributed by atoms with Gasteiger partial charge in [0, 0.05) is 35.8 Å². The molecule has 3 N–H and O–H groups in total. The molecule has 154 valence electrons. The minimum absolute atomic E-state index is 0.0570. The molecule has 2 aromatic rings. The van der Waals surface area contributed by atoms with Crippen molar-refractivity contribution in [1.29, 1.82) is 0 Å². The van der Waals surface area contributed by atoms with E-state index in [9.17, 15) is 14.4 Å². The highest BCUT2D eigenvalue weighted by Gasteiger charge is 2.08. The number of carbonyl (C=O) groups is 3. The maximum Gasteiger partial charge on any atom is 0.251 e. The van der Waals surface area contributed by atoms with Gasteiger partial charge >= 0.3 is 0 Å². The standard InChI is InChI=1S/C22H27N3O4/c1-15(2)21(27)25-18-10-8-17(9-11-18)24-20(26)5-4-14-23-22(28)16-6-12-19(29-3)13-7-16/h6-13,15H,4-5,14H2,1-3H3,(H,23,28)(H,24,26)(H,25,27). The predicted octanol–water partition coefficient (Wildman–Crippen LogP) is 3.44. The lowest BCUT2D eigenvalue weighted by atomic mass is 10.2. The molecule has 0 spiro atoms. The van der Waals surface area contributed by atoms with Crippen LogP contribution in [0.4, 0.5) is 11.4 Å². The van der Waals surface area contributed by atoms with Gasteiger partial charge in [0.15, 0.2) is 0 Å². The molecule has 0 atom stereocenters. The van der Waals surface area contributed by atoms with Crippen LogP contribution in [0.2, 0.25) is 0 Å². The molecule has 3 amide bonds. The molecule has 0 radical (unpaired) electrons. The van der Waals surface area contributed by atoms with Crippen LogP contribution in [0, 0.1) is 5.92 Å².